The summed E-state index contributed by atoms with van der Waals surface area (Å²) in [5.41, 5.74) is 1.65. The minimum Gasteiger partial charge on any atom is -0.493 e. The maximum absolute atomic E-state index is 13.0. The topological polar surface area (TPSA) is 96.2 Å². The van der Waals surface area contributed by atoms with Crippen molar-refractivity contribution >= 4 is 5.91 Å². The Morgan fingerprint density at radius 2 is 1.91 bits per heavy atom. The van der Waals surface area contributed by atoms with Crippen molar-refractivity contribution in [3.8, 4) is 34.5 Å². The molecule has 0 spiro atoms. The van der Waals surface area contributed by atoms with E-state index in [9.17, 15) is 4.79 Å². The highest BCUT2D eigenvalue weighted by atomic mass is 16.7. The molecule has 9 nitrogen and oxygen atoms in total. The van der Waals surface area contributed by atoms with Gasteiger partial charge in [-0.05, 0) is 48.7 Å². The fourth-order valence-corrected chi connectivity index (χ4v) is 4.23. The fourth-order valence-electron chi connectivity index (χ4n) is 4.23. The van der Waals surface area contributed by atoms with Gasteiger partial charge in [0, 0.05) is 18.7 Å². The van der Waals surface area contributed by atoms with E-state index in [1.807, 2.05) is 41.3 Å². The standard InChI is InChI=1S/C24H25N3O6/c1-29-18-7-5-15(10-20(18)30-2)11-22(28)27-9-3-4-17(13-27)24-26-25-23(33-24)16-6-8-19-21(12-16)32-14-31-19/h5-8,10,12,17H,3-4,9,11,13-14H2,1-2H3. The highest BCUT2D eigenvalue weighted by molar-refractivity contribution is 5.79. The van der Waals surface area contributed by atoms with Gasteiger partial charge in [-0.15, -0.1) is 10.2 Å². The third-order valence-corrected chi connectivity index (χ3v) is 5.99. The molecule has 3 heterocycles. The molecule has 0 aliphatic carbocycles. The molecule has 2 aromatic carbocycles. The van der Waals surface area contributed by atoms with Gasteiger partial charge in [-0.2, -0.15) is 0 Å². The van der Waals surface area contributed by atoms with E-state index in [1.54, 1.807) is 14.2 Å². The second-order valence-electron chi connectivity index (χ2n) is 8.06. The van der Waals surface area contributed by atoms with Crippen molar-refractivity contribution in [1.29, 1.82) is 0 Å². The molecule has 33 heavy (non-hydrogen) atoms. The van der Waals surface area contributed by atoms with Crippen molar-refractivity contribution in [3.63, 3.8) is 0 Å². The molecule has 1 fully saturated rings. The number of hydrogen-bond acceptors (Lipinski definition) is 8. The SMILES string of the molecule is COc1ccc(CC(=O)N2CCCC(c3nnc(-c4ccc5c(c4)OCO5)o3)C2)cc1OC. The number of hydrogen-bond donors (Lipinski definition) is 0. The largest absolute Gasteiger partial charge is 0.493 e. The van der Waals surface area contributed by atoms with Crippen molar-refractivity contribution in [2.24, 2.45) is 0 Å². The molecule has 1 aromatic heterocycles. The Labute approximate surface area is 191 Å². The van der Waals surface area contributed by atoms with Crippen LogP contribution in [-0.2, 0) is 11.2 Å². The average Bonchev–Trinajstić information content (AvgIpc) is 3.53. The third-order valence-electron chi connectivity index (χ3n) is 5.99. The lowest BCUT2D eigenvalue weighted by atomic mass is 9.97. The van der Waals surface area contributed by atoms with Crippen molar-refractivity contribution in [2.45, 2.75) is 25.2 Å². The van der Waals surface area contributed by atoms with Crippen LogP contribution < -0.4 is 18.9 Å². The van der Waals surface area contributed by atoms with Crippen LogP contribution in [0.2, 0.25) is 0 Å². The van der Waals surface area contributed by atoms with Crippen LogP contribution in [0.1, 0.15) is 30.2 Å². The lowest BCUT2D eigenvalue weighted by molar-refractivity contribution is -0.131. The molecule has 3 aromatic rings. The predicted octanol–water partition coefficient (Wildman–Crippen LogP) is 3.43. The number of carbonyl (C=O) groups excluding carboxylic acids is 1. The highest BCUT2D eigenvalue weighted by Gasteiger charge is 2.29. The molecule has 1 saturated heterocycles. The van der Waals surface area contributed by atoms with Crippen molar-refractivity contribution in [3.05, 3.63) is 47.9 Å². The Morgan fingerprint density at radius 3 is 2.76 bits per heavy atom. The summed E-state index contributed by atoms with van der Waals surface area (Å²) < 4.78 is 27.4. The molecule has 0 radical (unpaired) electrons. The van der Waals surface area contributed by atoms with Gasteiger partial charge in [0.15, 0.2) is 23.0 Å². The number of benzene rings is 2. The number of nitrogens with zero attached hydrogens (tertiary/aromatic N) is 3. The summed E-state index contributed by atoms with van der Waals surface area (Å²) in [6, 6.07) is 11.1. The van der Waals surface area contributed by atoms with Gasteiger partial charge in [-0.25, -0.2) is 0 Å². The van der Waals surface area contributed by atoms with E-state index in [1.165, 1.54) is 0 Å². The number of carbonyl (C=O) groups is 1. The smallest absolute Gasteiger partial charge is 0.247 e. The van der Waals surface area contributed by atoms with Gasteiger partial charge in [-0.3, -0.25) is 4.79 Å². The van der Waals surface area contributed by atoms with Crippen LogP contribution in [0.15, 0.2) is 40.8 Å². The second kappa shape index (κ2) is 9.01. The van der Waals surface area contributed by atoms with Crippen molar-refractivity contribution in [2.75, 3.05) is 34.1 Å². The number of methoxy groups -OCH3 is 2. The lowest BCUT2D eigenvalue weighted by Gasteiger charge is -2.31. The molecule has 1 amide bonds. The summed E-state index contributed by atoms with van der Waals surface area (Å²) in [6.07, 6.45) is 2.06. The molecular weight excluding hydrogens is 426 g/mol. The van der Waals surface area contributed by atoms with E-state index in [4.69, 9.17) is 23.4 Å². The van der Waals surface area contributed by atoms with Crippen LogP contribution in [0.5, 0.6) is 23.0 Å². The van der Waals surface area contributed by atoms with Crippen LogP contribution in [0.25, 0.3) is 11.5 Å². The van der Waals surface area contributed by atoms with Gasteiger partial charge in [-0.1, -0.05) is 6.07 Å². The Kier molecular flexibility index (Phi) is 5.77. The zero-order valence-corrected chi connectivity index (χ0v) is 18.6. The molecule has 5 rings (SSSR count). The molecule has 9 heteroatoms. The Bertz CT molecular complexity index is 1160. The summed E-state index contributed by atoms with van der Waals surface area (Å²) in [4.78, 5) is 14.9. The number of rotatable bonds is 6. The molecule has 1 unspecified atom stereocenters. The molecule has 0 N–H and O–H groups in total. The van der Waals surface area contributed by atoms with E-state index >= 15 is 0 Å². The Hall–Kier alpha value is -3.75. The first-order chi connectivity index (χ1) is 16.1. The molecule has 0 bridgehead atoms. The first kappa shape index (κ1) is 21.1. The van der Waals surface area contributed by atoms with E-state index in [-0.39, 0.29) is 18.6 Å². The molecular formula is C24H25N3O6. The number of piperidine rings is 1. The Balaban J connectivity index is 1.26. The van der Waals surface area contributed by atoms with E-state index in [0.717, 1.165) is 24.0 Å². The summed E-state index contributed by atoms with van der Waals surface area (Å²) in [5.74, 6) is 3.66. The zero-order chi connectivity index (χ0) is 22.8. The maximum atomic E-state index is 13.0. The molecule has 2 aliphatic heterocycles. The highest BCUT2D eigenvalue weighted by Crippen LogP contribution is 2.36. The summed E-state index contributed by atoms with van der Waals surface area (Å²) >= 11 is 0. The number of amides is 1. The number of likely N-dealkylation sites (tertiary alicyclic amines) is 1. The number of aromatic nitrogens is 2. The third kappa shape index (κ3) is 4.30. The van der Waals surface area contributed by atoms with Crippen LogP contribution >= 0.6 is 0 Å². The number of fused-ring (bicyclic) bond motifs is 1. The van der Waals surface area contributed by atoms with E-state index < -0.39 is 0 Å². The first-order valence-corrected chi connectivity index (χ1v) is 10.9. The lowest BCUT2D eigenvalue weighted by Crippen LogP contribution is -2.40. The van der Waals surface area contributed by atoms with Crippen LogP contribution in [0.3, 0.4) is 0 Å². The van der Waals surface area contributed by atoms with Gasteiger partial charge in [0.2, 0.25) is 24.5 Å². The average molecular weight is 451 g/mol. The predicted molar refractivity (Wildman–Crippen MR) is 118 cm³/mol. The molecule has 172 valence electrons. The Morgan fingerprint density at radius 1 is 1.06 bits per heavy atom. The minimum atomic E-state index is 0.00311. The monoisotopic (exact) mass is 451 g/mol. The van der Waals surface area contributed by atoms with Gasteiger partial charge in [0.1, 0.15) is 0 Å². The van der Waals surface area contributed by atoms with Crippen LogP contribution in [0, 0.1) is 0 Å². The summed E-state index contributed by atoms with van der Waals surface area (Å²) in [5, 5.41) is 8.49. The second-order valence-corrected chi connectivity index (χ2v) is 8.06. The quantitative estimate of drug-likeness (QED) is 0.562. The fraction of sp³-hybridized carbons (Fsp3) is 0.375. The van der Waals surface area contributed by atoms with Crippen LogP contribution in [-0.4, -0.2) is 55.1 Å². The zero-order valence-electron chi connectivity index (χ0n) is 18.6. The van der Waals surface area contributed by atoms with E-state index in [2.05, 4.69) is 10.2 Å². The van der Waals surface area contributed by atoms with Gasteiger partial charge in [0.05, 0.1) is 26.6 Å². The minimum absolute atomic E-state index is 0.00311. The normalized spacial score (nSPS) is 17.2. The van der Waals surface area contributed by atoms with E-state index in [0.29, 0.717) is 54.3 Å². The van der Waals surface area contributed by atoms with Gasteiger partial charge in [0.25, 0.3) is 0 Å². The molecule has 1 atom stereocenters. The van der Waals surface area contributed by atoms with Crippen molar-refractivity contribution in [1.82, 2.24) is 15.1 Å². The van der Waals surface area contributed by atoms with Crippen LogP contribution in [0.4, 0.5) is 0 Å². The summed E-state index contributed by atoms with van der Waals surface area (Å²) in [6.45, 7) is 1.48. The molecule has 2 aliphatic rings. The molecule has 0 saturated carbocycles. The van der Waals surface area contributed by atoms with Gasteiger partial charge >= 0.3 is 0 Å². The maximum Gasteiger partial charge on any atom is 0.247 e. The first-order valence-electron chi connectivity index (χ1n) is 10.9. The summed E-state index contributed by atoms with van der Waals surface area (Å²) in [7, 11) is 3.17. The van der Waals surface area contributed by atoms with Gasteiger partial charge < -0.3 is 28.3 Å². The van der Waals surface area contributed by atoms with Crippen molar-refractivity contribution < 1.29 is 28.2 Å². The number of ether oxygens (including phenoxy) is 4.